The molecular formula is C10H14N4O3S. The van der Waals surface area contributed by atoms with E-state index in [4.69, 9.17) is 16.1 Å². The number of nitrogens with one attached hydrogen (secondary N) is 1. The topological polar surface area (TPSA) is 129 Å². The van der Waals surface area contributed by atoms with Gasteiger partial charge in [-0.3, -0.25) is 0 Å². The third kappa shape index (κ3) is 3.48. The maximum atomic E-state index is 11.9. The molecule has 1 aromatic heterocycles. The van der Waals surface area contributed by atoms with E-state index in [0.717, 1.165) is 0 Å². The fraction of sp³-hybridized carbons (Fsp3) is 0.400. The van der Waals surface area contributed by atoms with Crippen molar-refractivity contribution in [3.63, 3.8) is 0 Å². The van der Waals surface area contributed by atoms with Crippen molar-refractivity contribution in [1.82, 2.24) is 9.71 Å². The fourth-order valence-electron chi connectivity index (χ4n) is 1.15. The quantitative estimate of drug-likeness (QED) is 0.625. The second kappa shape index (κ2) is 5.88. The summed E-state index contributed by atoms with van der Waals surface area (Å²) in [5, 5.41) is 17.9. The lowest BCUT2D eigenvalue weighted by Gasteiger charge is -2.15. The normalized spacial score (nSPS) is 14.8. The minimum atomic E-state index is -3.86. The van der Waals surface area contributed by atoms with Gasteiger partial charge in [-0.15, -0.1) is 0 Å². The number of pyridine rings is 1. The highest BCUT2D eigenvalue weighted by Gasteiger charge is 2.20. The van der Waals surface area contributed by atoms with Gasteiger partial charge in [-0.25, -0.2) is 18.1 Å². The van der Waals surface area contributed by atoms with E-state index in [-0.39, 0.29) is 17.1 Å². The monoisotopic (exact) mass is 270 g/mol. The van der Waals surface area contributed by atoms with E-state index in [9.17, 15) is 8.42 Å². The van der Waals surface area contributed by atoms with Crippen LogP contribution >= 0.6 is 0 Å². The van der Waals surface area contributed by atoms with Crippen molar-refractivity contribution in [2.75, 3.05) is 6.54 Å². The van der Waals surface area contributed by atoms with E-state index < -0.39 is 22.2 Å². The minimum Gasteiger partial charge on any atom is -0.392 e. The Hall–Kier alpha value is -1.53. The molecule has 0 amide bonds. The molecule has 0 saturated heterocycles. The molecule has 1 rings (SSSR count). The molecule has 0 radical (unpaired) electrons. The lowest BCUT2D eigenvalue weighted by molar-refractivity contribution is 0.164. The van der Waals surface area contributed by atoms with Crippen LogP contribution in [0.15, 0.2) is 23.2 Å². The molecule has 1 heterocycles. The number of hydrogen-bond donors (Lipinski definition) is 3. The van der Waals surface area contributed by atoms with Crippen molar-refractivity contribution in [2.45, 2.75) is 24.0 Å². The lowest BCUT2D eigenvalue weighted by Crippen LogP contribution is -2.43. The number of hydrogen-bond acceptors (Lipinski definition) is 6. The smallest absolute Gasteiger partial charge is 0.243 e. The first-order valence-electron chi connectivity index (χ1n) is 5.17. The summed E-state index contributed by atoms with van der Waals surface area (Å²) in [4.78, 5) is 3.46. The molecule has 98 valence electrons. The van der Waals surface area contributed by atoms with Gasteiger partial charge in [-0.1, -0.05) is 0 Å². The predicted molar refractivity (Wildman–Crippen MR) is 63.8 cm³/mol. The highest BCUT2D eigenvalue weighted by molar-refractivity contribution is 7.89. The molecule has 0 aromatic carbocycles. The third-order valence-electron chi connectivity index (χ3n) is 2.29. The molecule has 18 heavy (non-hydrogen) atoms. The maximum absolute atomic E-state index is 11.9. The Morgan fingerprint density at radius 3 is 2.89 bits per heavy atom. The van der Waals surface area contributed by atoms with E-state index in [1.165, 1.54) is 25.3 Å². The molecular weight excluding hydrogens is 256 g/mol. The second-order valence-electron chi connectivity index (χ2n) is 3.72. The van der Waals surface area contributed by atoms with Crippen molar-refractivity contribution in [1.29, 1.82) is 5.26 Å². The van der Waals surface area contributed by atoms with Crippen LogP contribution in [0.3, 0.4) is 0 Å². The Balaban J connectivity index is 2.91. The van der Waals surface area contributed by atoms with Crippen molar-refractivity contribution < 1.29 is 13.5 Å². The van der Waals surface area contributed by atoms with Gasteiger partial charge in [0, 0.05) is 18.8 Å². The van der Waals surface area contributed by atoms with Crippen LogP contribution in [0.2, 0.25) is 0 Å². The number of aliphatic hydroxyl groups is 1. The van der Waals surface area contributed by atoms with Crippen molar-refractivity contribution in [3.8, 4) is 6.07 Å². The van der Waals surface area contributed by atoms with Crippen LogP contribution in [-0.4, -0.2) is 37.2 Å². The molecule has 0 aliphatic carbocycles. The number of aliphatic hydroxyl groups excluding tert-OH is 1. The number of rotatable bonds is 5. The first kappa shape index (κ1) is 14.5. The Bertz CT molecular complexity index is 550. The zero-order valence-electron chi connectivity index (χ0n) is 9.74. The van der Waals surface area contributed by atoms with Crippen molar-refractivity contribution >= 4 is 10.0 Å². The maximum Gasteiger partial charge on any atom is 0.243 e. The number of nitriles is 1. The Labute approximate surface area is 105 Å². The van der Waals surface area contributed by atoms with Gasteiger partial charge in [-0.05, 0) is 19.1 Å². The van der Waals surface area contributed by atoms with Gasteiger partial charge in [0.2, 0.25) is 10.0 Å². The van der Waals surface area contributed by atoms with Crippen molar-refractivity contribution in [2.24, 2.45) is 5.73 Å². The summed E-state index contributed by atoms with van der Waals surface area (Å²) in [5.41, 5.74) is 5.33. The Morgan fingerprint density at radius 1 is 1.67 bits per heavy atom. The molecule has 8 heteroatoms. The Kier molecular flexibility index (Phi) is 4.75. The van der Waals surface area contributed by atoms with Gasteiger partial charge in [0.25, 0.3) is 0 Å². The Morgan fingerprint density at radius 2 is 2.33 bits per heavy atom. The number of sulfonamides is 1. The third-order valence-corrected chi connectivity index (χ3v) is 3.75. The van der Waals surface area contributed by atoms with Crippen molar-refractivity contribution in [3.05, 3.63) is 24.0 Å². The van der Waals surface area contributed by atoms with E-state index in [1.54, 1.807) is 6.07 Å². The highest BCUT2D eigenvalue weighted by atomic mass is 32.2. The molecule has 2 atom stereocenters. The van der Waals surface area contributed by atoms with E-state index in [0.29, 0.717) is 0 Å². The average Bonchev–Trinajstić information content (AvgIpc) is 2.35. The van der Waals surface area contributed by atoms with E-state index >= 15 is 0 Å². The van der Waals surface area contributed by atoms with Gasteiger partial charge >= 0.3 is 0 Å². The largest absolute Gasteiger partial charge is 0.392 e. The van der Waals surface area contributed by atoms with Gasteiger partial charge in [0.15, 0.2) is 5.69 Å². The molecule has 0 saturated carbocycles. The summed E-state index contributed by atoms with van der Waals surface area (Å²) in [7, 11) is -3.86. The first-order chi connectivity index (χ1) is 8.38. The van der Waals surface area contributed by atoms with Gasteiger partial charge in [0.1, 0.15) is 11.0 Å². The molecule has 0 bridgehead atoms. The molecule has 7 nitrogen and oxygen atoms in total. The summed E-state index contributed by atoms with van der Waals surface area (Å²) >= 11 is 0. The number of nitrogens with zero attached hydrogens (tertiary/aromatic N) is 2. The lowest BCUT2D eigenvalue weighted by atomic mass is 10.2. The van der Waals surface area contributed by atoms with Gasteiger partial charge in [0.05, 0.1) is 6.10 Å². The molecule has 1 aromatic rings. The van der Waals surface area contributed by atoms with Crippen LogP contribution in [0.4, 0.5) is 0 Å². The molecule has 0 aliphatic heterocycles. The summed E-state index contributed by atoms with van der Waals surface area (Å²) in [6.07, 6.45) is 0.496. The first-order valence-corrected chi connectivity index (χ1v) is 6.65. The molecule has 0 spiro atoms. The predicted octanol–water partition coefficient (Wildman–Crippen LogP) is -1.06. The molecule has 2 unspecified atom stereocenters. The summed E-state index contributed by atoms with van der Waals surface area (Å²) in [5.74, 6) is 0. The van der Waals surface area contributed by atoms with Gasteiger partial charge < -0.3 is 10.8 Å². The average molecular weight is 270 g/mol. The standard InChI is InChI=1S/C10H14N4O3S/c1-7(15)8(12)6-14-18(16,17)10-3-2-4-13-9(10)5-11/h2-4,7-8,14-15H,6,12H2,1H3. The fourth-order valence-corrected chi connectivity index (χ4v) is 2.32. The zero-order valence-corrected chi connectivity index (χ0v) is 10.6. The van der Waals surface area contributed by atoms with Gasteiger partial charge in [-0.2, -0.15) is 5.26 Å². The van der Waals surface area contributed by atoms with Crippen LogP contribution in [-0.2, 0) is 10.0 Å². The zero-order chi connectivity index (χ0) is 13.8. The van der Waals surface area contributed by atoms with E-state index in [1.807, 2.05) is 0 Å². The molecule has 0 aliphatic rings. The van der Waals surface area contributed by atoms with Crippen LogP contribution < -0.4 is 10.5 Å². The summed E-state index contributed by atoms with van der Waals surface area (Å²) in [6, 6.07) is 3.68. The molecule has 0 fully saturated rings. The molecule has 4 N–H and O–H groups in total. The number of aromatic nitrogens is 1. The van der Waals surface area contributed by atoms with Crippen LogP contribution in [0.25, 0.3) is 0 Å². The van der Waals surface area contributed by atoms with Crippen LogP contribution in [0.5, 0.6) is 0 Å². The second-order valence-corrected chi connectivity index (χ2v) is 5.45. The number of nitrogens with two attached hydrogens (primary N) is 1. The summed E-state index contributed by atoms with van der Waals surface area (Å²) < 4.78 is 26.0. The SMILES string of the molecule is CC(O)C(N)CNS(=O)(=O)c1cccnc1C#N. The van der Waals surface area contributed by atoms with E-state index in [2.05, 4.69) is 9.71 Å². The van der Waals surface area contributed by atoms with Crippen LogP contribution in [0, 0.1) is 11.3 Å². The van der Waals surface area contributed by atoms with Crippen LogP contribution in [0.1, 0.15) is 12.6 Å². The highest BCUT2D eigenvalue weighted by Crippen LogP contribution is 2.11. The minimum absolute atomic E-state index is 0.125. The summed E-state index contributed by atoms with van der Waals surface area (Å²) in [6.45, 7) is 1.34.